The summed E-state index contributed by atoms with van der Waals surface area (Å²) < 4.78 is 0. The normalized spacial score (nSPS) is 25.5. The monoisotopic (exact) mass is 266 g/mol. The van der Waals surface area contributed by atoms with Crippen LogP contribution >= 0.6 is 0 Å². The first-order valence-corrected chi connectivity index (χ1v) is 7.73. The fourth-order valence-electron chi connectivity index (χ4n) is 3.16. The van der Waals surface area contributed by atoms with Crippen molar-refractivity contribution in [2.75, 3.05) is 19.6 Å². The molecule has 1 unspecified atom stereocenters. The molecule has 2 aliphatic heterocycles. The molecule has 4 heteroatoms. The number of nitrogens with zero attached hydrogens (tertiary/aromatic N) is 2. The summed E-state index contributed by atoms with van der Waals surface area (Å²) >= 11 is 0. The molecular formula is C15H26N2O2. The van der Waals surface area contributed by atoms with Crippen LogP contribution in [0.5, 0.6) is 0 Å². The lowest BCUT2D eigenvalue weighted by Crippen LogP contribution is -2.52. The van der Waals surface area contributed by atoms with Crippen molar-refractivity contribution in [3.63, 3.8) is 0 Å². The minimum Gasteiger partial charge on any atom is -0.334 e. The highest BCUT2D eigenvalue weighted by Crippen LogP contribution is 2.21. The van der Waals surface area contributed by atoms with Gasteiger partial charge in [0, 0.05) is 25.7 Å². The average molecular weight is 266 g/mol. The van der Waals surface area contributed by atoms with Crippen molar-refractivity contribution in [3.8, 4) is 0 Å². The minimum absolute atomic E-state index is 0.263. The third-order valence-electron chi connectivity index (χ3n) is 4.61. The molecule has 108 valence electrons. The summed E-state index contributed by atoms with van der Waals surface area (Å²) in [6.07, 6.45) is 6.26. The van der Waals surface area contributed by atoms with Crippen LogP contribution in [-0.4, -0.2) is 47.3 Å². The van der Waals surface area contributed by atoms with E-state index in [0.29, 0.717) is 5.92 Å². The Morgan fingerprint density at radius 3 is 2.32 bits per heavy atom. The van der Waals surface area contributed by atoms with E-state index in [2.05, 4.69) is 13.8 Å². The molecule has 0 bridgehead atoms. The molecule has 19 heavy (non-hydrogen) atoms. The number of carbonyl (C=O) groups excluding carboxylic acids is 2. The second kappa shape index (κ2) is 6.40. The highest BCUT2D eigenvalue weighted by Gasteiger charge is 2.33. The third-order valence-corrected chi connectivity index (χ3v) is 4.61. The van der Waals surface area contributed by atoms with Gasteiger partial charge in [-0.2, -0.15) is 0 Å². The predicted molar refractivity (Wildman–Crippen MR) is 74.6 cm³/mol. The molecule has 0 radical (unpaired) electrons. The molecule has 2 rings (SSSR count). The standard InChI is InChI=1S/C15H26N2O2/c1-3-13-6-4-5-9-17(13)15(19)14(18)16-10-7-12(2)8-11-16/h12-13H,3-11H2,1-2H3. The maximum atomic E-state index is 12.4. The molecule has 0 aromatic rings. The van der Waals surface area contributed by atoms with Gasteiger partial charge in [-0.25, -0.2) is 0 Å². The van der Waals surface area contributed by atoms with Gasteiger partial charge in [-0.05, 0) is 44.4 Å². The molecule has 0 saturated carbocycles. The fraction of sp³-hybridized carbons (Fsp3) is 0.867. The van der Waals surface area contributed by atoms with Crippen molar-refractivity contribution in [1.29, 1.82) is 0 Å². The molecule has 2 fully saturated rings. The van der Waals surface area contributed by atoms with E-state index in [1.807, 2.05) is 4.90 Å². The Bertz CT molecular complexity index is 335. The SMILES string of the molecule is CCC1CCCCN1C(=O)C(=O)N1CCC(C)CC1. The predicted octanol–water partition coefficient (Wildman–Crippen LogP) is 2.04. The van der Waals surface area contributed by atoms with E-state index >= 15 is 0 Å². The zero-order valence-corrected chi connectivity index (χ0v) is 12.2. The van der Waals surface area contributed by atoms with E-state index in [-0.39, 0.29) is 17.9 Å². The van der Waals surface area contributed by atoms with E-state index in [1.54, 1.807) is 4.90 Å². The van der Waals surface area contributed by atoms with Crippen molar-refractivity contribution in [3.05, 3.63) is 0 Å². The van der Waals surface area contributed by atoms with Crippen LogP contribution in [0.25, 0.3) is 0 Å². The molecule has 0 aromatic carbocycles. The Morgan fingerprint density at radius 2 is 1.68 bits per heavy atom. The lowest BCUT2D eigenvalue weighted by Gasteiger charge is -2.37. The Morgan fingerprint density at radius 1 is 1.00 bits per heavy atom. The van der Waals surface area contributed by atoms with Crippen LogP contribution in [0.15, 0.2) is 0 Å². The quantitative estimate of drug-likeness (QED) is 0.681. The topological polar surface area (TPSA) is 40.6 Å². The lowest BCUT2D eigenvalue weighted by atomic mass is 9.98. The third kappa shape index (κ3) is 3.28. The highest BCUT2D eigenvalue weighted by molar-refractivity contribution is 6.35. The van der Waals surface area contributed by atoms with Crippen molar-refractivity contribution in [1.82, 2.24) is 9.80 Å². The zero-order valence-electron chi connectivity index (χ0n) is 12.2. The molecule has 0 aromatic heterocycles. The number of hydrogen-bond acceptors (Lipinski definition) is 2. The van der Waals surface area contributed by atoms with Crippen molar-refractivity contribution < 1.29 is 9.59 Å². The lowest BCUT2D eigenvalue weighted by molar-refractivity contribution is -0.154. The van der Waals surface area contributed by atoms with Crippen molar-refractivity contribution in [2.24, 2.45) is 5.92 Å². The van der Waals surface area contributed by atoms with Gasteiger partial charge in [0.2, 0.25) is 0 Å². The van der Waals surface area contributed by atoms with Gasteiger partial charge < -0.3 is 9.80 Å². The number of rotatable bonds is 1. The van der Waals surface area contributed by atoms with Crippen LogP contribution in [0.4, 0.5) is 0 Å². The zero-order chi connectivity index (χ0) is 13.8. The van der Waals surface area contributed by atoms with Gasteiger partial charge in [0.25, 0.3) is 0 Å². The molecular weight excluding hydrogens is 240 g/mol. The van der Waals surface area contributed by atoms with Crippen LogP contribution in [0, 0.1) is 5.92 Å². The maximum Gasteiger partial charge on any atom is 0.312 e. The van der Waals surface area contributed by atoms with Crippen LogP contribution in [0.3, 0.4) is 0 Å². The maximum absolute atomic E-state index is 12.4. The Kier molecular flexibility index (Phi) is 4.83. The van der Waals surface area contributed by atoms with E-state index in [0.717, 1.165) is 51.7 Å². The van der Waals surface area contributed by atoms with Gasteiger partial charge in [0.15, 0.2) is 0 Å². The van der Waals surface area contributed by atoms with Crippen LogP contribution in [0.2, 0.25) is 0 Å². The summed E-state index contributed by atoms with van der Waals surface area (Å²) in [4.78, 5) is 28.3. The van der Waals surface area contributed by atoms with E-state index in [9.17, 15) is 9.59 Å². The number of hydrogen-bond donors (Lipinski definition) is 0. The Labute approximate surface area is 116 Å². The van der Waals surface area contributed by atoms with Gasteiger partial charge in [-0.3, -0.25) is 9.59 Å². The van der Waals surface area contributed by atoms with Crippen LogP contribution in [-0.2, 0) is 9.59 Å². The molecule has 0 N–H and O–H groups in total. The molecule has 2 saturated heterocycles. The summed E-state index contributed by atoms with van der Waals surface area (Å²) in [6.45, 7) is 6.56. The van der Waals surface area contributed by atoms with E-state index in [4.69, 9.17) is 0 Å². The first-order chi connectivity index (χ1) is 9.13. The van der Waals surface area contributed by atoms with Crippen LogP contribution in [0.1, 0.15) is 52.4 Å². The molecule has 2 aliphatic rings. The average Bonchev–Trinajstić information content (AvgIpc) is 2.46. The first-order valence-electron chi connectivity index (χ1n) is 7.73. The van der Waals surface area contributed by atoms with Gasteiger partial charge in [-0.1, -0.05) is 13.8 Å². The summed E-state index contributed by atoms with van der Waals surface area (Å²) in [7, 11) is 0. The van der Waals surface area contributed by atoms with Crippen LogP contribution < -0.4 is 0 Å². The number of likely N-dealkylation sites (tertiary alicyclic amines) is 2. The molecule has 0 spiro atoms. The molecule has 0 aliphatic carbocycles. The number of amides is 2. The van der Waals surface area contributed by atoms with Gasteiger partial charge in [0.05, 0.1) is 0 Å². The smallest absolute Gasteiger partial charge is 0.312 e. The molecule has 1 atom stereocenters. The first kappa shape index (κ1) is 14.4. The molecule has 2 heterocycles. The summed E-state index contributed by atoms with van der Waals surface area (Å²) in [6, 6.07) is 0.272. The Balaban J connectivity index is 1.96. The van der Waals surface area contributed by atoms with Gasteiger partial charge in [0.1, 0.15) is 0 Å². The highest BCUT2D eigenvalue weighted by atomic mass is 16.2. The van der Waals surface area contributed by atoms with Gasteiger partial charge in [-0.15, -0.1) is 0 Å². The fourth-order valence-corrected chi connectivity index (χ4v) is 3.16. The second-order valence-corrected chi connectivity index (χ2v) is 6.03. The Hall–Kier alpha value is -1.06. The molecule has 4 nitrogen and oxygen atoms in total. The van der Waals surface area contributed by atoms with Crippen molar-refractivity contribution in [2.45, 2.75) is 58.4 Å². The minimum atomic E-state index is -0.271. The largest absolute Gasteiger partial charge is 0.334 e. The summed E-state index contributed by atoms with van der Waals surface area (Å²) in [5, 5.41) is 0. The number of carbonyl (C=O) groups is 2. The van der Waals surface area contributed by atoms with E-state index < -0.39 is 0 Å². The van der Waals surface area contributed by atoms with E-state index in [1.165, 1.54) is 6.42 Å². The molecule has 2 amide bonds. The summed E-state index contributed by atoms with van der Waals surface area (Å²) in [5.41, 5.74) is 0. The van der Waals surface area contributed by atoms with Gasteiger partial charge >= 0.3 is 11.8 Å². The number of piperidine rings is 2. The second-order valence-electron chi connectivity index (χ2n) is 6.03. The van der Waals surface area contributed by atoms with Crippen molar-refractivity contribution >= 4 is 11.8 Å². The summed E-state index contributed by atoms with van der Waals surface area (Å²) in [5.74, 6) is 0.144.